The van der Waals surface area contributed by atoms with E-state index in [1.54, 1.807) is 4.90 Å². The number of hydrogen-bond donors (Lipinski definition) is 0. The fraction of sp³-hybridized carbons (Fsp3) is 0.333. The summed E-state index contributed by atoms with van der Waals surface area (Å²) in [7, 11) is 0. The van der Waals surface area contributed by atoms with Crippen molar-refractivity contribution in [3.8, 4) is 0 Å². The molecule has 0 N–H and O–H groups in total. The Hall–Kier alpha value is -2.82. The third-order valence-corrected chi connectivity index (χ3v) is 4.73. The second-order valence-electron chi connectivity index (χ2n) is 6.57. The molecule has 5 heteroatoms. The Balaban J connectivity index is 1.51. The Morgan fingerprint density at radius 1 is 0.808 bits per heavy atom. The van der Waals surface area contributed by atoms with E-state index >= 15 is 0 Å². The van der Waals surface area contributed by atoms with E-state index in [2.05, 4.69) is 53.4 Å². The van der Waals surface area contributed by atoms with Gasteiger partial charge < -0.3 is 19.7 Å². The van der Waals surface area contributed by atoms with Crippen LogP contribution in [0.1, 0.15) is 24.0 Å². The normalized spacial score (nSPS) is 14.3. The van der Waals surface area contributed by atoms with Crippen LogP contribution in [0.4, 0.5) is 5.69 Å². The summed E-state index contributed by atoms with van der Waals surface area (Å²) in [6.07, 6.45) is 0.736. The number of anilines is 1. The summed E-state index contributed by atoms with van der Waals surface area (Å²) in [5.41, 5.74) is 3.73. The molecule has 0 saturated carbocycles. The van der Waals surface area contributed by atoms with E-state index in [1.165, 1.54) is 11.1 Å². The van der Waals surface area contributed by atoms with E-state index in [4.69, 9.17) is 0 Å². The number of amides is 1. The molecule has 0 aromatic heterocycles. The standard InChI is InChI=1S/C21H24N2O3/c24-20(10-11-21(25)26)23-14-12-22(13-15-23)19-8-6-18(7-9-19)16-17-4-2-1-3-5-17/h1-9H,10-16H2,(H,25,26)/p-1. The molecule has 0 spiro atoms. The van der Waals surface area contributed by atoms with Gasteiger partial charge in [-0.3, -0.25) is 4.79 Å². The minimum absolute atomic E-state index is 0.0243. The molecule has 2 aromatic rings. The summed E-state index contributed by atoms with van der Waals surface area (Å²) in [6.45, 7) is 2.76. The minimum Gasteiger partial charge on any atom is -0.550 e. The van der Waals surface area contributed by atoms with Gasteiger partial charge in [0, 0.05) is 44.3 Å². The zero-order chi connectivity index (χ0) is 18.4. The lowest BCUT2D eigenvalue weighted by Crippen LogP contribution is -2.49. The molecule has 3 rings (SSSR count). The maximum atomic E-state index is 12.0. The van der Waals surface area contributed by atoms with Crippen LogP contribution in [0.15, 0.2) is 54.6 Å². The van der Waals surface area contributed by atoms with E-state index < -0.39 is 5.97 Å². The Morgan fingerprint density at radius 3 is 2.04 bits per heavy atom. The van der Waals surface area contributed by atoms with Crippen LogP contribution in [0.5, 0.6) is 0 Å². The highest BCUT2D eigenvalue weighted by Crippen LogP contribution is 2.19. The minimum atomic E-state index is -1.17. The van der Waals surface area contributed by atoms with Crippen molar-refractivity contribution in [2.45, 2.75) is 19.3 Å². The van der Waals surface area contributed by atoms with Crippen LogP contribution in [0, 0.1) is 0 Å². The lowest BCUT2D eigenvalue weighted by molar-refractivity contribution is -0.305. The van der Waals surface area contributed by atoms with Gasteiger partial charge in [-0.2, -0.15) is 0 Å². The molecule has 1 aliphatic heterocycles. The van der Waals surface area contributed by atoms with E-state index in [9.17, 15) is 14.7 Å². The first-order valence-electron chi connectivity index (χ1n) is 8.97. The summed E-state index contributed by atoms with van der Waals surface area (Å²) in [6, 6.07) is 19.0. The van der Waals surface area contributed by atoms with Crippen molar-refractivity contribution in [2.75, 3.05) is 31.1 Å². The van der Waals surface area contributed by atoms with Gasteiger partial charge in [-0.15, -0.1) is 0 Å². The lowest BCUT2D eigenvalue weighted by atomic mass is 10.0. The zero-order valence-electron chi connectivity index (χ0n) is 14.8. The van der Waals surface area contributed by atoms with Crippen LogP contribution >= 0.6 is 0 Å². The van der Waals surface area contributed by atoms with E-state index in [0.29, 0.717) is 13.1 Å². The monoisotopic (exact) mass is 351 g/mol. The molecule has 26 heavy (non-hydrogen) atoms. The maximum absolute atomic E-state index is 12.0. The van der Waals surface area contributed by atoms with Crippen molar-refractivity contribution in [3.63, 3.8) is 0 Å². The zero-order valence-corrected chi connectivity index (χ0v) is 14.8. The quantitative estimate of drug-likeness (QED) is 0.790. The third kappa shape index (κ3) is 4.85. The highest BCUT2D eigenvalue weighted by molar-refractivity contribution is 5.80. The predicted octanol–water partition coefficient (Wildman–Crippen LogP) is 1.46. The van der Waals surface area contributed by atoms with Crippen LogP contribution in [0.2, 0.25) is 0 Å². The van der Waals surface area contributed by atoms with Crippen molar-refractivity contribution < 1.29 is 14.7 Å². The first-order chi connectivity index (χ1) is 12.6. The summed E-state index contributed by atoms with van der Waals surface area (Å²) < 4.78 is 0. The number of carbonyl (C=O) groups excluding carboxylic acids is 2. The number of rotatable bonds is 6. The van der Waals surface area contributed by atoms with Gasteiger partial charge in [0.25, 0.3) is 0 Å². The molecule has 0 aliphatic carbocycles. The number of carbonyl (C=O) groups is 2. The number of aliphatic carboxylic acids is 1. The second kappa shape index (κ2) is 8.52. The molecule has 1 amide bonds. The molecule has 136 valence electrons. The fourth-order valence-corrected chi connectivity index (χ4v) is 3.24. The molecular weight excluding hydrogens is 328 g/mol. The average molecular weight is 351 g/mol. The number of benzene rings is 2. The third-order valence-electron chi connectivity index (χ3n) is 4.73. The first kappa shape index (κ1) is 18.0. The number of nitrogens with zero attached hydrogens (tertiary/aromatic N) is 2. The molecule has 1 heterocycles. The van der Waals surface area contributed by atoms with Crippen LogP contribution in [0.3, 0.4) is 0 Å². The molecule has 1 saturated heterocycles. The van der Waals surface area contributed by atoms with Crippen LogP contribution in [-0.2, 0) is 16.0 Å². The lowest BCUT2D eigenvalue weighted by Gasteiger charge is -2.36. The average Bonchev–Trinajstić information content (AvgIpc) is 2.68. The molecule has 0 unspecified atom stereocenters. The number of hydrogen-bond acceptors (Lipinski definition) is 4. The van der Waals surface area contributed by atoms with Crippen LogP contribution < -0.4 is 10.0 Å². The smallest absolute Gasteiger partial charge is 0.223 e. The molecule has 1 aliphatic rings. The largest absolute Gasteiger partial charge is 0.550 e. The van der Waals surface area contributed by atoms with E-state index in [0.717, 1.165) is 25.2 Å². The predicted molar refractivity (Wildman–Crippen MR) is 98.7 cm³/mol. The number of carboxylic acids is 1. The Morgan fingerprint density at radius 2 is 1.42 bits per heavy atom. The van der Waals surface area contributed by atoms with Crippen molar-refractivity contribution in [3.05, 3.63) is 65.7 Å². The summed E-state index contributed by atoms with van der Waals surface area (Å²) >= 11 is 0. The molecule has 0 bridgehead atoms. The summed E-state index contributed by atoms with van der Waals surface area (Å²) in [5, 5.41) is 10.5. The van der Waals surface area contributed by atoms with E-state index in [1.807, 2.05) is 6.07 Å². The van der Waals surface area contributed by atoms with E-state index in [-0.39, 0.29) is 18.7 Å². The van der Waals surface area contributed by atoms with Gasteiger partial charge >= 0.3 is 0 Å². The Bertz CT molecular complexity index is 736. The summed E-state index contributed by atoms with van der Waals surface area (Å²) in [4.78, 5) is 26.5. The first-order valence-corrected chi connectivity index (χ1v) is 8.97. The molecule has 2 aromatic carbocycles. The van der Waals surface area contributed by atoms with Crippen LogP contribution in [0.25, 0.3) is 0 Å². The van der Waals surface area contributed by atoms with Crippen LogP contribution in [-0.4, -0.2) is 43.0 Å². The topological polar surface area (TPSA) is 63.7 Å². The van der Waals surface area contributed by atoms with Gasteiger partial charge in [-0.1, -0.05) is 42.5 Å². The van der Waals surface area contributed by atoms with Crippen molar-refractivity contribution in [1.82, 2.24) is 4.90 Å². The highest BCUT2D eigenvalue weighted by atomic mass is 16.4. The van der Waals surface area contributed by atoms with Crippen molar-refractivity contribution in [1.29, 1.82) is 0 Å². The van der Waals surface area contributed by atoms with Gasteiger partial charge in [-0.25, -0.2) is 0 Å². The summed E-state index contributed by atoms with van der Waals surface area (Å²) in [5.74, 6) is -1.28. The molecular formula is C21H23N2O3-. The van der Waals surface area contributed by atoms with Gasteiger partial charge in [0.05, 0.1) is 0 Å². The van der Waals surface area contributed by atoms with Gasteiger partial charge in [0.2, 0.25) is 5.91 Å². The number of carboxylic acid groups (broad SMARTS) is 1. The van der Waals surface area contributed by atoms with Gasteiger partial charge in [0.15, 0.2) is 0 Å². The highest BCUT2D eigenvalue weighted by Gasteiger charge is 2.20. The fourth-order valence-electron chi connectivity index (χ4n) is 3.24. The van der Waals surface area contributed by atoms with Gasteiger partial charge in [-0.05, 0) is 36.1 Å². The van der Waals surface area contributed by atoms with Crippen molar-refractivity contribution in [2.24, 2.45) is 0 Å². The molecule has 1 fully saturated rings. The molecule has 0 radical (unpaired) electrons. The number of piperazine rings is 1. The SMILES string of the molecule is O=C([O-])CCC(=O)N1CCN(c2ccc(Cc3ccccc3)cc2)CC1. The Labute approximate surface area is 153 Å². The second-order valence-corrected chi connectivity index (χ2v) is 6.57. The van der Waals surface area contributed by atoms with Gasteiger partial charge in [0.1, 0.15) is 0 Å². The molecule has 0 atom stereocenters. The Kier molecular flexibility index (Phi) is 5.89. The maximum Gasteiger partial charge on any atom is 0.223 e. The molecule has 5 nitrogen and oxygen atoms in total. The van der Waals surface area contributed by atoms with Crippen molar-refractivity contribution >= 4 is 17.6 Å².